The van der Waals surface area contributed by atoms with Gasteiger partial charge in [0.25, 0.3) is 20.2 Å². The highest BCUT2D eigenvalue weighted by Gasteiger charge is 2.60. The highest BCUT2D eigenvalue weighted by atomic mass is 32.2. The van der Waals surface area contributed by atoms with Gasteiger partial charge < -0.3 is 23.2 Å². The van der Waals surface area contributed by atoms with Gasteiger partial charge in [0.15, 0.2) is 9.49 Å². The average Bonchev–Trinajstić information content (AvgIpc) is 3.06. The Morgan fingerprint density at radius 2 is 0.885 bits per heavy atom. The van der Waals surface area contributed by atoms with Crippen LogP contribution in [0.15, 0.2) is 83.0 Å². The highest BCUT2D eigenvalue weighted by molar-refractivity contribution is 7.87. The van der Waals surface area contributed by atoms with Crippen molar-refractivity contribution in [3.8, 4) is 11.1 Å². The molecule has 0 radical (unpaired) electrons. The van der Waals surface area contributed by atoms with Crippen molar-refractivity contribution in [1.29, 1.82) is 10.8 Å². The van der Waals surface area contributed by atoms with E-state index in [1.807, 2.05) is 0 Å². The van der Waals surface area contributed by atoms with E-state index in [0.29, 0.717) is 33.4 Å². The van der Waals surface area contributed by atoms with E-state index < -0.39 is 41.8 Å². The fourth-order valence-electron chi connectivity index (χ4n) is 8.52. The molecule has 0 saturated carbocycles. The number of benzene rings is 4. The van der Waals surface area contributed by atoms with Crippen molar-refractivity contribution in [2.24, 2.45) is 33.4 Å². The zero-order valence-electron chi connectivity index (χ0n) is 28.6. The maximum Gasteiger partial charge on any atom is 0.281 e. The fraction of sp³-hybridized carbons (Fsp3) is 0.222. The molecule has 0 spiro atoms. The molecule has 4 atom stereocenters. The third-order valence-corrected chi connectivity index (χ3v) is 13.4. The van der Waals surface area contributed by atoms with Crippen molar-refractivity contribution < 1.29 is 25.9 Å². The minimum atomic E-state index is -5.07. The summed E-state index contributed by atoms with van der Waals surface area (Å²) in [6.07, 6.45) is 0. The van der Waals surface area contributed by atoms with E-state index >= 15 is 0 Å². The van der Waals surface area contributed by atoms with E-state index in [9.17, 15) is 25.9 Å². The monoisotopic (exact) mass is 742 g/mol. The van der Waals surface area contributed by atoms with Crippen LogP contribution in [0.25, 0.3) is 11.1 Å². The first-order valence-corrected chi connectivity index (χ1v) is 18.8. The van der Waals surface area contributed by atoms with Gasteiger partial charge in [0.05, 0.1) is 23.5 Å². The molecule has 4 aromatic rings. The summed E-state index contributed by atoms with van der Waals surface area (Å²) in [4.78, 5) is 0. The summed E-state index contributed by atoms with van der Waals surface area (Å²) in [5, 5.41) is 24.7. The number of nitrogens with one attached hydrogen (secondary N) is 2. The molecule has 16 heteroatoms. The van der Waals surface area contributed by atoms with Crippen LogP contribution in [-0.2, 0) is 29.7 Å². The number of fused-ring (bicyclic) bond motifs is 2. The van der Waals surface area contributed by atoms with E-state index in [-0.39, 0.29) is 56.2 Å². The van der Waals surface area contributed by atoms with Crippen molar-refractivity contribution in [3.05, 3.63) is 128 Å². The Kier molecular flexibility index (Phi) is 8.64. The Morgan fingerprint density at radius 3 is 1.15 bits per heavy atom. The molecule has 0 heterocycles. The van der Waals surface area contributed by atoms with E-state index in [0.717, 1.165) is 0 Å². The SMILES string of the molecule is Cc1cc(-c2cc(C)c(C3(S(=O)(=O)O)c4ccccc4C(=N)/C(=N/N)C3N)c(C)c2)cc(C)c1C1(S(=O)(=O)O)c2ccccc2C(=N)/C(=N\N)C1N. The number of rotatable bonds is 5. The van der Waals surface area contributed by atoms with Crippen molar-refractivity contribution in [3.63, 3.8) is 0 Å². The number of aryl methyl sites for hydroxylation is 4. The quantitative estimate of drug-likeness (QED) is 0.0840. The van der Waals surface area contributed by atoms with Crippen LogP contribution < -0.4 is 23.2 Å². The van der Waals surface area contributed by atoms with Crippen LogP contribution in [0.1, 0.15) is 55.6 Å². The van der Waals surface area contributed by atoms with Crippen LogP contribution >= 0.6 is 0 Å². The van der Waals surface area contributed by atoms with E-state index in [2.05, 4.69) is 10.2 Å². The third kappa shape index (κ3) is 4.76. The largest absolute Gasteiger partial charge is 0.323 e. The molecule has 6 rings (SSSR count). The van der Waals surface area contributed by atoms with Gasteiger partial charge in [-0.2, -0.15) is 27.0 Å². The van der Waals surface area contributed by atoms with Gasteiger partial charge in [0.2, 0.25) is 0 Å². The Balaban J connectivity index is 1.61. The molecule has 4 unspecified atom stereocenters. The smallest absolute Gasteiger partial charge is 0.281 e. The second-order valence-electron chi connectivity index (χ2n) is 13.2. The topological polar surface area (TPSA) is 285 Å². The summed E-state index contributed by atoms with van der Waals surface area (Å²) in [7, 11) is -10.1. The second kappa shape index (κ2) is 12.3. The lowest BCUT2D eigenvalue weighted by Crippen LogP contribution is -2.61. The van der Waals surface area contributed by atoms with Gasteiger partial charge in [-0.1, -0.05) is 72.8 Å². The number of nitrogens with zero attached hydrogens (tertiary/aromatic N) is 2. The number of hydrogen-bond donors (Lipinski definition) is 8. The van der Waals surface area contributed by atoms with Crippen LogP contribution in [0.2, 0.25) is 0 Å². The Morgan fingerprint density at radius 1 is 0.596 bits per heavy atom. The van der Waals surface area contributed by atoms with E-state index in [4.69, 9.17) is 34.0 Å². The minimum Gasteiger partial charge on any atom is -0.323 e. The number of hydrogen-bond acceptors (Lipinski definition) is 12. The van der Waals surface area contributed by atoms with Crippen molar-refractivity contribution >= 4 is 43.1 Å². The second-order valence-corrected chi connectivity index (χ2v) is 16.4. The van der Waals surface area contributed by atoms with Gasteiger partial charge in [-0.25, -0.2) is 0 Å². The molecular weight excluding hydrogens is 705 g/mol. The molecule has 52 heavy (non-hydrogen) atoms. The van der Waals surface area contributed by atoms with Crippen LogP contribution in [0.5, 0.6) is 0 Å². The zero-order chi connectivity index (χ0) is 38.3. The normalized spacial score (nSPS) is 24.9. The number of hydrazone groups is 2. The van der Waals surface area contributed by atoms with E-state index in [1.165, 1.54) is 12.1 Å². The average molecular weight is 743 g/mol. The summed E-state index contributed by atoms with van der Waals surface area (Å²) >= 11 is 0. The van der Waals surface area contributed by atoms with Crippen molar-refractivity contribution in [2.45, 2.75) is 49.3 Å². The lowest BCUT2D eigenvalue weighted by atomic mass is 9.70. The molecule has 2 aliphatic carbocycles. The van der Waals surface area contributed by atoms with E-state index in [1.54, 1.807) is 88.4 Å². The van der Waals surface area contributed by atoms with Gasteiger partial charge in [0.1, 0.15) is 11.4 Å². The summed E-state index contributed by atoms with van der Waals surface area (Å²) in [6, 6.07) is 16.3. The van der Waals surface area contributed by atoms with Crippen LogP contribution in [-0.4, -0.2) is 60.9 Å². The standard InChI is InChI=1S/C36H38N8O6S2/c1-17-13-21(14-18(2)27(17)35(51(45,46)47)25-11-7-5-9-23(25)29(37)31(43-41)33(35)39)22-15-19(3)28(20(4)16-22)36(52(48,49)50)26-12-8-6-10-24(26)30(38)32(44-42)34(36)40/h5-16,33-34,37-38H,39-42H2,1-4H3,(H,45,46,47)(H,48,49,50)/b37-29?,38-30?,43-31-,44-32+. The first-order chi connectivity index (χ1) is 24.3. The molecule has 2 aliphatic rings. The summed E-state index contributed by atoms with van der Waals surface area (Å²) < 4.78 is 72.3. The predicted octanol–water partition coefficient (Wildman–Crippen LogP) is 2.90. The highest BCUT2D eigenvalue weighted by Crippen LogP contribution is 2.50. The van der Waals surface area contributed by atoms with Crippen LogP contribution in [0.4, 0.5) is 0 Å². The van der Waals surface area contributed by atoms with Crippen molar-refractivity contribution in [1.82, 2.24) is 0 Å². The molecule has 0 bridgehead atoms. The molecule has 0 aliphatic heterocycles. The molecule has 14 nitrogen and oxygen atoms in total. The number of nitrogens with two attached hydrogens (primary N) is 4. The maximum atomic E-state index is 13.7. The summed E-state index contributed by atoms with van der Waals surface area (Å²) in [5.74, 6) is 11.3. The van der Waals surface area contributed by atoms with Crippen LogP contribution in [0, 0.1) is 38.5 Å². The molecule has 0 aromatic heterocycles. The first-order valence-electron chi connectivity index (χ1n) is 15.9. The van der Waals surface area contributed by atoms with Gasteiger partial charge in [-0.05, 0) is 83.3 Å². The van der Waals surface area contributed by atoms with Crippen molar-refractivity contribution in [2.75, 3.05) is 0 Å². The van der Waals surface area contributed by atoms with Crippen LogP contribution in [0.3, 0.4) is 0 Å². The molecular formula is C36H38N8O6S2. The molecule has 270 valence electrons. The maximum absolute atomic E-state index is 13.7. The zero-order valence-corrected chi connectivity index (χ0v) is 30.3. The first kappa shape index (κ1) is 36.7. The summed E-state index contributed by atoms with van der Waals surface area (Å²) in [5.41, 5.74) is 16.5. The Hall–Kier alpha value is -5.10. The van der Waals surface area contributed by atoms with Gasteiger partial charge in [-0.15, -0.1) is 0 Å². The Bertz CT molecular complexity index is 2310. The molecule has 4 aromatic carbocycles. The lowest BCUT2D eigenvalue weighted by molar-refractivity contribution is 0.433. The Labute approximate surface area is 301 Å². The molecule has 0 amide bonds. The summed E-state index contributed by atoms with van der Waals surface area (Å²) in [6.45, 7) is 6.70. The fourth-order valence-corrected chi connectivity index (χ4v) is 11.5. The predicted molar refractivity (Wildman–Crippen MR) is 201 cm³/mol. The van der Waals surface area contributed by atoms with Gasteiger partial charge >= 0.3 is 0 Å². The lowest BCUT2D eigenvalue weighted by Gasteiger charge is -2.43. The minimum absolute atomic E-state index is 0.102. The molecule has 0 fully saturated rings. The van der Waals surface area contributed by atoms with Gasteiger partial charge in [-0.3, -0.25) is 19.9 Å². The molecule has 12 N–H and O–H groups in total. The molecule has 0 saturated heterocycles. The third-order valence-electron chi connectivity index (χ3n) is 10.4. The van der Waals surface area contributed by atoms with Gasteiger partial charge in [0, 0.05) is 11.1 Å².